The minimum absolute atomic E-state index is 0.0404. The highest BCUT2D eigenvalue weighted by Crippen LogP contribution is 2.10. The lowest BCUT2D eigenvalue weighted by atomic mass is 10.2. The summed E-state index contributed by atoms with van der Waals surface area (Å²) in [7, 11) is 0. The average molecular weight is 286 g/mol. The normalized spacial score (nSPS) is 10.6. The predicted molar refractivity (Wildman–Crippen MR) is 79.1 cm³/mol. The van der Waals surface area contributed by atoms with E-state index in [9.17, 15) is 9.18 Å². The molecular formula is C16H15FN2O2. The first-order valence-corrected chi connectivity index (χ1v) is 6.51. The van der Waals surface area contributed by atoms with Crippen LogP contribution >= 0.6 is 0 Å². The van der Waals surface area contributed by atoms with E-state index in [1.54, 1.807) is 6.07 Å². The van der Waals surface area contributed by atoms with Crippen molar-refractivity contribution in [3.05, 3.63) is 65.5 Å². The van der Waals surface area contributed by atoms with E-state index in [2.05, 4.69) is 10.5 Å². The van der Waals surface area contributed by atoms with Gasteiger partial charge in [0.25, 0.3) is 5.91 Å². The van der Waals surface area contributed by atoms with Gasteiger partial charge in [-0.05, 0) is 48.9 Å². The number of halogens is 1. The lowest BCUT2D eigenvalue weighted by Crippen LogP contribution is -2.18. The van der Waals surface area contributed by atoms with E-state index in [4.69, 9.17) is 4.74 Å². The van der Waals surface area contributed by atoms with E-state index in [-0.39, 0.29) is 5.56 Å². The van der Waals surface area contributed by atoms with Gasteiger partial charge in [-0.1, -0.05) is 12.1 Å². The molecule has 0 heterocycles. The van der Waals surface area contributed by atoms with Gasteiger partial charge in [-0.25, -0.2) is 9.82 Å². The van der Waals surface area contributed by atoms with Gasteiger partial charge in [-0.3, -0.25) is 4.79 Å². The predicted octanol–water partition coefficient (Wildman–Crippen LogP) is 2.99. The largest absolute Gasteiger partial charge is 0.494 e. The zero-order valence-electron chi connectivity index (χ0n) is 11.5. The number of carbonyl (C=O) groups excluding carboxylic acids is 1. The van der Waals surface area contributed by atoms with Crippen LogP contribution in [-0.2, 0) is 0 Å². The van der Waals surface area contributed by atoms with E-state index in [1.807, 2.05) is 31.2 Å². The van der Waals surface area contributed by atoms with Gasteiger partial charge in [0.15, 0.2) is 0 Å². The highest BCUT2D eigenvalue weighted by Gasteiger charge is 2.08. The smallest absolute Gasteiger partial charge is 0.274 e. The van der Waals surface area contributed by atoms with Gasteiger partial charge in [-0.15, -0.1) is 0 Å². The molecule has 108 valence electrons. The van der Waals surface area contributed by atoms with Gasteiger partial charge in [-0.2, -0.15) is 5.10 Å². The van der Waals surface area contributed by atoms with Crippen molar-refractivity contribution in [2.75, 3.05) is 6.61 Å². The molecule has 0 bridgehead atoms. The maximum absolute atomic E-state index is 13.4. The van der Waals surface area contributed by atoms with Crippen molar-refractivity contribution < 1.29 is 13.9 Å². The zero-order chi connectivity index (χ0) is 15.1. The van der Waals surface area contributed by atoms with Gasteiger partial charge in [0.2, 0.25) is 0 Å². The molecule has 21 heavy (non-hydrogen) atoms. The maximum atomic E-state index is 13.4. The SMILES string of the molecule is CCOc1ccc(/C=N/NC(=O)c2ccccc2F)cc1. The third-order valence-electron chi connectivity index (χ3n) is 2.69. The van der Waals surface area contributed by atoms with Crippen LogP contribution in [-0.4, -0.2) is 18.7 Å². The van der Waals surface area contributed by atoms with E-state index in [0.717, 1.165) is 11.3 Å². The number of nitrogens with one attached hydrogen (secondary N) is 1. The monoisotopic (exact) mass is 286 g/mol. The fourth-order valence-corrected chi connectivity index (χ4v) is 1.69. The van der Waals surface area contributed by atoms with E-state index in [0.29, 0.717) is 6.61 Å². The Balaban J connectivity index is 1.96. The molecule has 2 rings (SSSR count). The number of hydrogen-bond donors (Lipinski definition) is 1. The summed E-state index contributed by atoms with van der Waals surface area (Å²) < 4.78 is 18.7. The van der Waals surface area contributed by atoms with Crippen molar-refractivity contribution in [1.29, 1.82) is 0 Å². The summed E-state index contributed by atoms with van der Waals surface area (Å²) in [5.41, 5.74) is 3.05. The second kappa shape index (κ2) is 7.19. The second-order valence-electron chi connectivity index (χ2n) is 4.18. The summed E-state index contributed by atoms with van der Waals surface area (Å²) in [5, 5.41) is 3.80. The van der Waals surface area contributed by atoms with Gasteiger partial charge >= 0.3 is 0 Å². The molecule has 1 amide bonds. The number of hydrazone groups is 1. The van der Waals surface area contributed by atoms with Gasteiger partial charge < -0.3 is 4.74 Å². The van der Waals surface area contributed by atoms with Crippen LogP contribution < -0.4 is 10.2 Å². The quantitative estimate of drug-likeness (QED) is 0.678. The summed E-state index contributed by atoms with van der Waals surface area (Å²) in [6.45, 7) is 2.51. The fourth-order valence-electron chi connectivity index (χ4n) is 1.69. The number of rotatable bonds is 5. The second-order valence-corrected chi connectivity index (χ2v) is 4.18. The third kappa shape index (κ3) is 4.14. The Morgan fingerprint density at radius 3 is 2.62 bits per heavy atom. The van der Waals surface area contributed by atoms with E-state index < -0.39 is 11.7 Å². The molecule has 0 atom stereocenters. The first-order valence-electron chi connectivity index (χ1n) is 6.51. The lowest BCUT2D eigenvalue weighted by molar-refractivity contribution is 0.0951. The molecular weight excluding hydrogens is 271 g/mol. The van der Waals surface area contributed by atoms with Crippen molar-refractivity contribution in [2.24, 2.45) is 5.10 Å². The van der Waals surface area contributed by atoms with Crippen molar-refractivity contribution in [3.63, 3.8) is 0 Å². The Labute approximate surface area is 122 Å². The number of nitrogens with zero attached hydrogens (tertiary/aromatic N) is 1. The number of amides is 1. The van der Waals surface area contributed by atoms with Gasteiger partial charge in [0, 0.05) is 0 Å². The molecule has 1 N–H and O–H groups in total. The van der Waals surface area contributed by atoms with Crippen LogP contribution in [0.1, 0.15) is 22.8 Å². The molecule has 0 unspecified atom stereocenters. The number of carbonyl (C=O) groups is 1. The van der Waals surface area contributed by atoms with E-state index >= 15 is 0 Å². The summed E-state index contributed by atoms with van der Waals surface area (Å²) in [6.07, 6.45) is 1.48. The average Bonchev–Trinajstić information content (AvgIpc) is 2.49. The molecule has 0 aliphatic carbocycles. The molecule has 0 fully saturated rings. The first-order chi connectivity index (χ1) is 10.2. The number of hydrogen-bond acceptors (Lipinski definition) is 3. The summed E-state index contributed by atoms with van der Waals surface area (Å²) in [5.74, 6) is -0.397. The Morgan fingerprint density at radius 2 is 1.95 bits per heavy atom. The fraction of sp³-hybridized carbons (Fsp3) is 0.125. The summed E-state index contributed by atoms with van der Waals surface area (Å²) in [4.78, 5) is 11.7. The molecule has 0 aliphatic rings. The Hall–Kier alpha value is -2.69. The minimum atomic E-state index is -0.588. The standard InChI is InChI=1S/C16H15FN2O2/c1-2-21-13-9-7-12(8-10-13)11-18-19-16(20)14-5-3-4-6-15(14)17/h3-11H,2H2,1H3,(H,19,20)/b18-11+. The van der Waals surface area contributed by atoms with Crippen molar-refractivity contribution >= 4 is 12.1 Å². The minimum Gasteiger partial charge on any atom is -0.494 e. The molecule has 0 saturated heterocycles. The lowest BCUT2D eigenvalue weighted by Gasteiger charge is -2.02. The van der Waals surface area contributed by atoms with Crippen LogP contribution in [0.4, 0.5) is 4.39 Å². The molecule has 4 nitrogen and oxygen atoms in total. The third-order valence-corrected chi connectivity index (χ3v) is 2.69. The number of ether oxygens (including phenoxy) is 1. The van der Waals surface area contributed by atoms with Crippen molar-refractivity contribution in [3.8, 4) is 5.75 Å². The molecule has 2 aromatic carbocycles. The molecule has 2 aromatic rings. The zero-order valence-corrected chi connectivity index (χ0v) is 11.5. The Morgan fingerprint density at radius 1 is 1.24 bits per heavy atom. The molecule has 0 saturated carbocycles. The maximum Gasteiger partial charge on any atom is 0.274 e. The molecule has 0 radical (unpaired) electrons. The summed E-state index contributed by atoms with van der Waals surface area (Å²) in [6, 6.07) is 13.0. The van der Waals surface area contributed by atoms with Crippen LogP contribution in [0.3, 0.4) is 0 Å². The van der Waals surface area contributed by atoms with Gasteiger partial charge in [0.1, 0.15) is 11.6 Å². The topological polar surface area (TPSA) is 50.7 Å². The highest BCUT2D eigenvalue weighted by molar-refractivity contribution is 5.95. The van der Waals surface area contributed by atoms with Crippen LogP contribution in [0.5, 0.6) is 5.75 Å². The highest BCUT2D eigenvalue weighted by atomic mass is 19.1. The van der Waals surface area contributed by atoms with Crippen molar-refractivity contribution in [1.82, 2.24) is 5.43 Å². The molecule has 0 aromatic heterocycles. The van der Waals surface area contributed by atoms with Crippen molar-refractivity contribution in [2.45, 2.75) is 6.92 Å². The Bertz CT molecular complexity index is 639. The van der Waals surface area contributed by atoms with Gasteiger partial charge in [0.05, 0.1) is 18.4 Å². The Kier molecular flexibility index (Phi) is 5.04. The van der Waals surface area contributed by atoms with Crippen LogP contribution in [0, 0.1) is 5.82 Å². The van der Waals surface area contributed by atoms with E-state index in [1.165, 1.54) is 24.4 Å². The van der Waals surface area contributed by atoms with Crippen LogP contribution in [0.15, 0.2) is 53.6 Å². The summed E-state index contributed by atoms with van der Waals surface area (Å²) >= 11 is 0. The number of benzene rings is 2. The molecule has 5 heteroatoms. The van der Waals surface area contributed by atoms with Crippen LogP contribution in [0.2, 0.25) is 0 Å². The molecule has 0 aliphatic heterocycles. The van der Waals surface area contributed by atoms with Crippen LogP contribution in [0.25, 0.3) is 0 Å². The molecule has 0 spiro atoms. The first kappa shape index (κ1) is 14.7.